The molecule has 2 aromatic carbocycles. The highest BCUT2D eigenvalue weighted by molar-refractivity contribution is 5.95. The Morgan fingerprint density at radius 3 is 2.04 bits per heavy atom. The lowest BCUT2D eigenvalue weighted by Crippen LogP contribution is -2.26. The van der Waals surface area contributed by atoms with Crippen molar-refractivity contribution in [1.82, 2.24) is 4.90 Å². The van der Waals surface area contributed by atoms with Crippen LogP contribution in [0, 0.1) is 5.82 Å². The molecule has 0 atom stereocenters. The number of ether oxygens (including phenoxy) is 3. The van der Waals surface area contributed by atoms with E-state index in [4.69, 9.17) is 14.2 Å². The monoisotopic (exact) mass is 375 g/mol. The molecule has 0 radical (unpaired) electrons. The van der Waals surface area contributed by atoms with Gasteiger partial charge in [0.05, 0.1) is 19.8 Å². The van der Waals surface area contributed by atoms with Gasteiger partial charge in [0.25, 0.3) is 5.91 Å². The van der Waals surface area contributed by atoms with Crippen molar-refractivity contribution >= 4 is 5.91 Å². The molecule has 0 aliphatic heterocycles. The number of amides is 1. The van der Waals surface area contributed by atoms with Gasteiger partial charge in [0, 0.05) is 24.7 Å². The maximum absolute atomic E-state index is 13.9. The number of rotatable bonds is 9. The lowest BCUT2D eigenvalue weighted by Gasteiger charge is -2.20. The minimum absolute atomic E-state index is 0.159. The summed E-state index contributed by atoms with van der Waals surface area (Å²) in [7, 11) is 1.63. The van der Waals surface area contributed by atoms with E-state index < -0.39 is 0 Å². The van der Waals surface area contributed by atoms with Gasteiger partial charge in [0.1, 0.15) is 5.82 Å². The quantitative estimate of drug-likeness (QED) is 0.656. The Labute approximate surface area is 159 Å². The van der Waals surface area contributed by atoms with Crippen LogP contribution in [0.25, 0.3) is 0 Å². The van der Waals surface area contributed by atoms with Crippen molar-refractivity contribution in [1.29, 1.82) is 0 Å². The summed E-state index contributed by atoms with van der Waals surface area (Å²) in [6.07, 6.45) is 0. The van der Waals surface area contributed by atoms with E-state index in [1.165, 1.54) is 11.0 Å². The molecule has 0 aliphatic carbocycles. The fourth-order valence-corrected chi connectivity index (χ4v) is 2.69. The van der Waals surface area contributed by atoms with Gasteiger partial charge in [-0.2, -0.15) is 0 Å². The molecule has 2 rings (SSSR count). The molecule has 0 heterocycles. The highest BCUT2D eigenvalue weighted by Gasteiger charge is 2.21. The molecule has 0 unspecified atom stereocenters. The van der Waals surface area contributed by atoms with Crippen molar-refractivity contribution in [2.24, 2.45) is 0 Å². The average molecular weight is 375 g/mol. The van der Waals surface area contributed by atoms with Crippen LogP contribution in [0.2, 0.25) is 0 Å². The molecule has 146 valence electrons. The van der Waals surface area contributed by atoms with Gasteiger partial charge in [-0.3, -0.25) is 4.79 Å². The standard InChI is InChI=1S/C21H26FNO4/c1-5-25-18-12-16(13-19(26-6-2)20(18)27-7-3)21(24)23(4)14-15-10-8-9-11-17(15)22/h8-13H,5-7,14H2,1-4H3. The van der Waals surface area contributed by atoms with E-state index in [9.17, 15) is 9.18 Å². The van der Waals surface area contributed by atoms with Gasteiger partial charge >= 0.3 is 0 Å². The van der Waals surface area contributed by atoms with E-state index in [0.717, 1.165) is 0 Å². The number of benzene rings is 2. The Hall–Kier alpha value is -2.76. The molecule has 0 saturated heterocycles. The minimum Gasteiger partial charge on any atom is -0.490 e. The Bertz CT molecular complexity index is 752. The first-order valence-electron chi connectivity index (χ1n) is 9.07. The lowest BCUT2D eigenvalue weighted by atomic mass is 10.1. The number of halogens is 1. The summed E-state index contributed by atoms with van der Waals surface area (Å²) in [5.41, 5.74) is 0.846. The van der Waals surface area contributed by atoms with E-state index in [2.05, 4.69) is 0 Å². The van der Waals surface area contributed by atoms with Crippen molar-refractivity contribution < 1.29 is 23.4 Å². The summed E-state index contributed by atoms with van der Waals surface area (Å²) < 4.78 is 30.8. The number of nitrogens with zero attached hydrogens (tertiary/aromatic N) is 1. The van der Waals surface area contributed by atoms with Crippen LogP contribution >= 0.6 is 0 Å². The Morgan fingerprint density at radius 1 is 0.963 bits per heavy atom. The summed E-state index contributed by atoms with van der Waals surface area (Å²) in [6, 6.07) is 9.68. The van der Waals surface area contributed by atoms with Crippen LogP contribution in [0.5, 0.6) is 17.2 Å². The zero-order chi connectivity index (χ0) is 19.8. The fourth-order valence-electron chi connectivity index (χ4n) is 2.69. The summed E-state index contributed by atoms with van der Waals surface area (Å²) in [6.45, 7) is 7.03. The summed E-state index contributed by atoms with van der Waals surface area (Å²) in [4.78, 5) is 14.4. The van der Waals surface area contributed by atoms with Crippen molar-refractivity contribution in [2.75, 3.05) is 26.9 Å². The summed E-state index contributed by atoms with van der Waals surface area (Å²) >= 11 is 0. The minimum atomic E-state index is -0.339. The first kappa shape index (κ1) is 20.6. The highest BCUT2D eigenvalue weighted by Crippen LogP contribution is 2.39. The molecular formula is C21H26FNO4. The van der Waals surface area contributed by atoms with Crippen LogP contribution in [-0.4, -0.2) is 37.7 Å². The topological polar surface area (TPSA) is 48.0 Å². The van der Waals surface area contributed by atoms with Gasteiger partial charge < -0.3 is 19.1 Å². The molecule has 0 N–H and O–H groups in total. The van der Waals surface area contributed by atoms with E-state index in [1.54, 1.807) is 37.4 Å². The highest BCUT2D eigenvalue weighted by atomic mass is 19.1. The average Bonchev–Trinajstić information content (AvgIpc) is 2.65. The molecule has 0 spiro atoms. The molecular weight excluding hydrogens is 349 g/mol. The van der Waals surface area contributed by atoms with Gasteiger partial charge in [-0.25, -0.2) is 4.39 Å². The van der Waals surface area contributed by atoms with Crippen molar-refractivity contribution in [2.45, 2.75) is 27.3 Å². The van der Waals surface area contributed by atoms with Crippen LogP contribution in [0.15, 0.2) is 36.4 Å². The smallest absolute Gasteiger partial charge is 0.254 e. The second-order valence-corrected chi connectivity index (χ2v) is 5.85. The summed E-state index contributed by atoms with van der Waals surface area (Å²) in [5.74, 6) is 0.785. The number of carbonyl (C=O) groups excluding carboxylic acids is 1. The number of carbonyl (C=O) groups is 1. The van der Waals surface area contributed by atoms with Crippen LogP contribution in [-0.2, 0) is 6.54 Å². The molecule has 0 fully saturated rings. The van der Waals surface area contributed by atoms with E-state index in [-0.39, 0.29) is 18.3 Å². The van der Waals surface area contributed by atoms with E-state index >= 15 is 0 Å². The van der Waals surface area contributed by atoms with Gasteiger partial charge in [-0.1, -0.05) is 18.2 Å². The predicted octanol–water partition coefficient (Wildman–Crippen LogP) is 4.29. The zero-order valence-corrected chi connectivity index (χ0v) is 16.3. The second-order valence-electron chi connectivity index (χ2n) is 5.85. The maximum Gasteiger partial charge on any atom is 0.254 e. The first-order valence-corrected chi connectivity index (χ1v) is 9.07. The third-order valence-corrected chi connectivity index (χ3v) is 3.87. The van der Waals surface area contributed by atoms with E-state index in [0.29, 0.717) is 48.2 Å². The second kappa shape index (κ2) is 9.80. The fraction of sp³-hybridized carbons (Fsp3) is 0.381. The van der Waals surface area contributed by atoms with Gasteiger partial charge in [-0.05, 0) is 39.0 Å². The number of hydrogen-bond donors (Lipinski definition) is 0. The van der Waals surface area contributed by atoms with Gasteiger partial charge in [0.15, 0.2) is 11.5 Å². The largest absolute Gasteiger partial charge is 0.490 e. The number of hydrogen-bond acceptors (Lipinski definition) is 4. The Balaban J connectivity index is 2.34. The predicted molar refractivity (Wildman–Crippen MR) is 102 cm³/mol. The van der Waals surface area contributed by atoms with Crippen LogP contribution in [0.4, 0.5) is 4.39 Å². The molecule has 5 nitrogen and oxygen atoms in total. The first-order chi connectivity index (χ1) is 13.0. The van der Waals surface area contributed by atoms with Gasteiger partial charge in [-0.15, -0.1) is 0 Å². The Kier molecular flexibility index (Phi) is 7.46. The maximum atomic E-state index is 13.9. The molecule has 0 aromatic heterocycles. The molecule has 0 aliphatic rings. The molecule has 6 heteroatoms. The molecule has 0 saturated carbocycles. The Morgan fingerprint density at radius 2 is 1.52 bits per heavy atom. The van der Waals surface area contributed by atoms with Gasteiger partial charge in [0.2, 0.25) is 5.75 Å². The normalized spacial score (nSPS) is 10.4. The third kappa shape index (κ3) is 5.12. The SMILES string of the molecule is CCOc1cc(C(=O)N(C)Cc2ccccc2F)cc(OCC)c1OCC. The van der Waals surface area contributed by atoms with Crippen LogP contribution < -0.4 is 14.2 Å². The third-order valence-electron chi connectivity index (χ3n) is 3.87. The molecule has 0 bridgehead atoms. The molecule has 27 heavy (non-hydrogen) atoms. The zero-order valence-electron chi connectivity index (χ0n) is 16.3. The van der Waals surface area contributed by atoms with Crippen LogP contribution in [0.3, 0.4) is 0 Å². The van der Waals surface area contributed by atoms with E-state index in [1.807, 2.05) is 20.8 Å². The lowest BCUT2D eigenvalue weighted by molar-refractivity contribution is 0.0782. The molecule has 1 amide bonds. The summed E-state index contributed by atoms with van der Waals surface area (Å²) in [5, 5.41) is 0. The molecule has 2 aromatic rings. The van der Waals surface area contributed by atoms with Crippen molar-refractivity contribution in [3.63, 3.8) is 0 Å². The van der Waals surface area contributed by atoms with Crippen molar-refractivity contribution in [3.05, 3.63) is 53.3 Å². The van der Waals surface area contributed by atoms with Crippen molar-refractivity contribution in [3.8, 4) is 17.2 Å². The van der Waals surface area contributed by atoms with Crippen LogP contribution in [0.1, 0.15) is 36.7 Å².